The Morgan fingerprint density at radius 2 is 1.83 bits per heavy atom. The van der Waals surface area contributed by atoms with E-state index in [0.717, 1.165) is 6.26 Å². The van der Waals surface area contributed by atoms with Crippen LogP contribution >= 0.6 is 0 Å². The Bertz CT molecular complexity index is 890. The molecule has 0 saturated heterocycles. The number of nitrogens with zero attached hydrogens (tertiary/aromatic N) is 1. The first-order chi connectivity index (χ1) is 10.7. The first kappa shape index (κ1) is 16.4. The number of carboxylic acids is 1. The molecule has 0 aliphatic carbocycles. The van der Waals surface area contributed by atoms with Crippen molar-refractivity contribution in [2.24, 2.45) is 0 Å². The molecule has 0 radical (unpaired) electrons. The molecule has 2 rings (SSSR count). The Kier molecular flexibility index (Phi) is 4.32. The summed E-state index contributed by atoms with van der Waals surface area (Å²) in [6.07, 6.45) is 0.799. The average Bonchev–Trinajstić information content (AvgIpc) is 2.46. The van der Waals surface area contributed by atoms with Gasteiger partial charge in [0.1, 0.15) is 5.56 Å². The summed E-state index contributed by atoms with van der Waals surface area (Å²) in [5.41, 5.74) is 0.301. The molecule has 0 heterocycles. The third kappa shape index (κ3) is 4.04. The van der Waals surface area contributed by atoms with Gasteiger partial charge in [-0.25, -0.2) is 4.79 Å². The Morgan fingerprint density at radius 3 is 2.39 bits per heavy atom. The summed E-state index contributed by atoms with van der Waals surface area (Å²) in [4.78, 5) is 21.5. The zero-order valence-corrected chi connectivity index (χ0v) is 12.6. The number of hydrogen-bond acceptors (Lipinski definition) is 6. The van der Waals surface area contributed by atoms with Crippen LogP contribution < -0.4 is 4.18 Å². The maximum absolute atomic E-state index is 11.3. The number of non-ortho nitro benzene ring substituents is 1. The van der Waals surface area contributed by atoms with E-state index in [1.807, 2.05) is 0 Å². The van der Waals surface area contributed by atoms with Gasteiger partial charge in [0.25, 0.3) is 5.69 Å². The molecule has 0 fully saturated rings. The van der Waals surface area contributed by atoms with E-state index in [4.69, 9.17) is 0 Å². The molecule has 0 amide bonds. The lowest BCUT2D eigenvalue weighted by molar-refractivity contribution is -0.384. The molecule has 2 aromatic rings. The molecule has 0 bridgehead atoms. The van der Waals surface area contributed by atoms with Gasteiger partial charge in [-0.05, 0) is 23.3 Å². The molecule has 8 nitrogen and oxygen atoms in total. The molecule has 9 heteroatoms. The van der Waals surface area contributed by atoms with Crippen LogP contribution in [0.3, 0.4) is 0 Å². The molecule has 1 N–H and O–H groups in total. The fraction of sp³-hybridized carbons (Fsp3) is 0.0714. The van der Waals surface area contributed by atoms with Crippen molar-refractivity contribution in [2.75, 3.05) is 6.26 Å². The fourth-order valence-electron chi connectivity index (χ4n) is 1.91. The van der Waals surface area contributed by atoms with Crippen molar-refractivity contribution in [3.8, 4) is 16.9 Å². The average molecular weight is 337 g/mol. The van der Waals surface area contributed by atoms with Crippen LogP contribution in [0.5, 0.6) is 5.75 Å². The van der Waals surface area contributed by atoms with E-state index >= 15 is 0 Å². The number of nitro benzene ring substituents is 1. The third-order valence-corrected chi connectivity index (χ3v) is 3.32. The molecule has 0 aliphatic rings. The second kappa shape index (κ2) is 6.05. The Morgan fingerprint density at radius 1 is 1.17 bits per heavy atom. The molecule has 23 heavy (non-hydrogen) atoms. The summed E-state index contributed by atoms with van der Waals surface area (Å²) in [6.45, 7) is 0. The van der Waals surface area contributed by atoms with E-state index in [1.54, 1.807) is 6.07 Å². The number of aromatic carboxylic acids is 1. The van der Waals surface area contributed by atoms with E-state index in [2.05, 4.69) is 4.18 Å². The lowest BCUT2D eigenvalue weighted by atomic mass is 10.0. The fourth-order valence-corrected chi connectivity index (χ4v) is 2.38. The predicted molar refractivity (Wildman–Crippen MR) is 81.0 cm³/mol. The Balaban J connectivity index is 2.54. The molecule has 0 aromatic heterocycles. The lowest BCUT2D eigenvalue weighted by Crippen LogP contribution is -2.10. The van der Waals surface area contributed by atoms with Crippen LogP contribution in [-0.4, -0.2) is 30.7 Å². The zero-order chi connectivity index (χ0) is 17.2. The molecule has 0 aliphatic heterocycles. The molecule has 0 unspecified atom stereocenters. The van der Waals surface area contributed by atoms with Gasteiger partial charge in [-0.3, -0.25) is 10.1 Å². The number of carbonyl (C=O) groups is 1. The van der Waals surface area contributed by atoms with Crippen LogP contribution in [0.4, 0.5) is 5.69 Å². The third-order valence-electron chi connectivity index (χ3n) is 2.84. The number of benzene rings is 2. The van der Waals surface area contributed by atoms with Gasteiger partial charge in [0.15, 0.2) is 5.75 Å². The van der Waals surface area contributed by atoms with Crippen molar-refractivity contribution in [3.63, 3.8) is 0 Å². The minimum absolute atomic E-state index is 0.143. The van der Waals surface area contributed by atoms with Crippen molar-refractivity contribution in [2.45, 2.75) is 0 Å². The van der Waals surface area contributed by atoms with E-state index in [-0.39, 0.29) is 17.0 Å². The second-order valence-corrected chi connectivity index (χ2v) is 6.19. The second-order valence-electron chi connectivity index (χ2n) is 4.61. The first-order valence-electron chi connectivity index (χ1n) is 6.19. The van der Waals surface area contributed by atoms with Gasteiger partial charge in [0.05, 0.1) is 11.2 Å². The van der Waals surface area contributed by atoms with Gasteiger partial charge in [0.2, 0.25) is 0 Å². The summed E-state index contributed by atoms with van der Waals surface area (Å²) in [5.74, 6) is -1.70. The summed E-state index contributed by atoms with van der Waals surface area (Å²) in [5, 5.41) is 20.0. The van der Waals surface area contributed by atoms with Gasteiger partial charge in [0, 0.05) is 12.1 Å². The molecule has 0 atom stereocenters. The minimum atomic E-state index is -3.88. The largest absolute Gasteiger partial charge is 0.478 e. The van der Waals surface area contributed by atoms with Crippen LogP contribution in [0, 0.1) is 10.1 Å². The molecular weight excluding hydrogens is 326 g/mol. The van der Waals surface area contributed by atoms with Crippen molar-refractivity contribution in [3.05, 3.63) is 58.1 Å². The Labute approximate surface area is 131 Å². The number of rotatable bonds is 5. The van der Waals surface area contributed by atoms with Crippen LogP contribution in [-0.2, 0) is 10.1 Å². The number of hydrogen-bond donors (Lipinski definition) is 1. The van der Waals surface area contributed by atoms with Crippen LogP contribution in [0.1, 0.15) is 10.4 Å². The summed E-state index contributed by atoms with van der Waals surface area (Å²) >= 11 is 0. The highest BCUT2D eigenvalue weighted by atomic mass is 32.2. The van der Waals surface area contributed by atoms with Crippen molar-refractivity contribution < 1.29 is 27.4 Å². The maximum atomic E-state index is 11.3. The van der Waals surface area contributed by atoms with Crippen molar-refractivity contribution in [1.82, 2.24) is 0 Å². The smallest absolute Gasteiger partial charge is 0.339 e. The topological polar surface area (TPSA) is 124 Å². The van der Waals surface area contributed by atoms with Crippen LogP contribution in [0.15, 0.2) is 42.5 Å². The molecule has 0 saturated carbocycles. The minimum Gasteiger partial charge on any atom is -0.478 e. The van der Waals surface area contributed by atoms with Crippen molar-refractivity contribution in [1.29, 1.82) is 0 Å². The van der Waals surface area contributed by atoms with Crippen molar-refractivity contribution >= 4 is 21.8 Å². The highest BCUT2D eigenvalue weighted by Crippen LogP contribution is 2.29. The maximum Gasteiger partial charge on any atom is 0.339 e. The quantitative estimate of drug-likeness (QED) is 0.504. The van der Waals surface area contributed by atoms with Gasteiger partial charge < -0.3 is 9.29 Å². The predicted octanol–water partition coefficient (Wildman–Crippen LogP) is 2.30. The van der Waals surface area contributed by atoms with E-state index < -0.39 is 21.0 Å². The van der Waals surface area contributed by atoms with E-state index in [0.29, 0.717) is 11.1 Å². The number of carboxylic acid groups (broad SMARTS) is 1. The van der Waals surface area contributed by atoms with Gasteiger partial charge in [-0.1, -0.05) is 18.2 Å². The molecule has 2 aromatic carbocycles. The Hall–Kier alpha value is -2.94. The van der Waals surface area contributed by atoms with Gasteiger partial charge in [-0.15, -0.1) is 0 Å². The highest BCUT2D eigenvalue weighted by molar-refractivity contribution is 7.86. The zero-order valence-electron chi connectivity index (χ0n) is 11.8. The normalized spacial score (nSPS) is 11.0. The SMILES string of the molecule is CS(=O)(=O)Oc1ccc(-c2cccc([N+](=O)[O-])c2)cc1C(=O)O. The number of nitro groups is 1. The summed E-state index contributed by atoms with van der Waals surface area (Å²) in [7, 11) is -3.88. The van der Waals surface area contributed by atoms with Gasteiger partial charge >= 0.3 is 16.1 Å². The summed E-state index contributed by atoms with van der Waals surface area (Å²) < 4.78 is 26.9. The van der Waals surface area contributed by atoms with Crippen LogP contribution in [0.25, 0.3) is 11.1 Å². The molecule has 120 valence electrons. The van der Waals surface area contributed by atoms with Gasteiger partial charge in [-0.2, -0.15) is 8.42 Å². The lowest BCUT2D eigenvalue weighted by Gasteiger charge is -2.09. The van der Waals surface area contributed by atoms with Crippen LogP contribution in [0.2, 0.25) is 0 Å². The van der Waals surface area contributed by atoms with E-state index in [1.165, 1.54) is 36.4 Å². The molecular formula is C14H11NO7S. The first-order valence-corrected chi connectivity index (χ1v) is 8.00. The highest BCUT2D eigenvalue weighted by Gasteiger charge is 2.17. The standard InChI is InChI=1S/C14H11NO7S/c1-23(20,21)22-13-6-5-10(8-12(13)14(16)17)9-3-2-4-11(7-9)15(18)19/h2-8H,1H3,(H,16,17). The van der Waals surface area contributed by atoms with E-state index in [9.17, 15) is 28.4 Å². The summed E-state index contributed by atoms with van der Waals surface area (Å²) in [6, 6.07) is 9.45. The molecule has 0 spiro atoms. The monoisotopic (exact) mass is 337 g/mol.